The first-order valence-electron chi connectivity index (χ1n) is 6.00. The number of ether oxygens (including phenoxy) is 1. The van der Waals surface area contributed by atoms with Crippen LogP contribution in [0.15, 0.2) is 36.4 Å². The van der Waals surface area contributed by atoms with Gasteiger partial charge in [0.15, 0.2) is 0 Å². The van der Waals surface area contributed by atoms with Gasteiger partial charge in [-0.05, 0) is 43.2 Å². The molecule has 0 saturated heterocycles. The van der Waals surface area contributed by atoms with E-state index >= 15 is 0 Å². The largest absolute Gasteiger partial charge is 0.497 e. The number of aromatic carboxylic acids is 1. The average Bonchev–Trinajstić information content (AvgIpc) is 2.37. The van der Waals surface area contributed by atoms with Crippen molar-refractivity contribution in [3.8, 4) is 16.9 Å². The Morgan fingerprint density at radius 1 is 0.947 bits per heavy atom. The van der Waals surface area contributed by atoms with Gasteiger partial charge in [-0.3, -0.25) is 0 Å². The van der Waals surface area contributed by atoms with E-state index in [0.717, 1.165) is 22.3 Å². The summed E-state index contributed by atoms with van der Waals surface area (Å²) >= 11 is 0. The molecule has 0 atom stereocenters. The second-order valence-corrected chi connectivity index (χ2v) is 4.63. The van der Waals surface area contributed by atoms with Crippen molar-refractivity contribution in [3.63, 3.8) is 0 Å². The van der Waals surface area contributed by atoms with E-state index in [0.29, 0.717) is 5.75 Å². The van der Waals surface area contributed by atoms with Gasteiger partial charge >= 0.3 is 5.97 Å². The van der Waals surface area contributed by atoms with Crippen molar-refractivity contribution in [1.82, 2.24) is 0 Å². The lowest BCUT2D eigenvalue weighted by Crippen LogP contribution is -1.98. The zero-order chi connectivity index (χ0) is 14.0. The summed E-state index contributed by atoms with van der Waals surface area (Å²) in [5.74, 6) is -0.404. The number of rotatable bonds is 3. The van der Waals surface area contributed by atoms with Crippen LogP contribution in [0.5, 0.6) is 5.75 Å². The number of methoxy groups -OCH3 is 1. The minimum absolute atomic E-state index is 0.230. The fourth-order valence-corrected chi connectivity index (χ4v) is 2.15. The summed E-state index contributed by atoms with van der Waals surface area (Å²) < 4.78 is 5.16. The summed E-state index contributed by atoms with van der Waals surface area (Å²) in [7, 11) is 1.53. The van der Waals surface area contributed by atoms with E-state index in [1.807, 2.05) is 32.0 Å². The molecule has 2 aromatic carbocycles. The third-order valence-electron chi connectivity index (χ3n) is 2.94. The molecule has 0 fully saturated rings. The second-order valence-electron chi connectivity index (χ2n) is 4.63. The first-order chi connectivity index (χ1) is 8.99. The van der Waals surface area contributed by atoms with Crippen LogP contribution in [-0.2, 0) is 0 Å². The summed E-state index contributed by atoms with van der Waals surface area (Å²) in [5, 5.41) is 9.13. The van der Waals surface area contributed by atoms with E-state index < -0.39 is 5.97 Å². The molecule has 2 rings (SSSR count). The van der Waals surface area contributed by atoms with Gasteiger partial charge in [-0.1, -0.05) is 29.3 Å². The Bertz CT molecular complexity index is 610. The topological polar surface area (TPSA) is 46.5 Å². The van der Waals surface area contributed by atoms with E-state index in [1.54, 1.807) is 6.07 Å². The maximum absolute atomic E-state index is 11.1. The van der Waals surface area contributed by atoms with Crippen LogP contribution in [0.25, 0.3) is 11.1 Å². The number of aryl methyl sites for hydroxylation is 2. The minimum Gasteiger partial charge on any atom is -0.497 e. The second kappa shape index (κ2) is 5.14. The first kappa shape index (κ1) is 13.1. The third kappa shape index (κ3) is 2.94. The number of carbonyl (C=O) groups is 1. The molecule has 1 N–H and O–H groups in total. The molecule has 19 heavy (non-hydrogen) atoms. The van der Waals surface area contributed by atoms with Crippen molar-refractivity contribution in [3.05, 3.63) is 53.1 Å². The molecule has 0 bridgehead atoms. The molecule has 0 aliphatic rings. The summed E-state index contributed by atoms with van der Waals surface area (Å²) in [4.78, 5) is 11.1. The normalized spacial score (nSPS) is 10.3. The summed E-state index contributed by atoms with van der Waals surface area (Å²) in [6.07, 6.45) is 0. The zero-order valence-corrected chi connectivity index (χ0v) is 11.2. The van der Waals surface area contributed by atoms with Crippen molar-refractivity contribution >= 4 is 5.97 Å². The molecule has 0 radical (unpaired) electrons. The van der Waals surface area contributed by atoms with E-state index in [-0.39, 0.29) is 5.56 Å². The number of hydrogen-bond acceptors (Lipinski definition) is 2. The minimum atomic E-state index is -0.954. The molecule has 0 aliphatic heterocycles. The van der Waals surface area contributed by atoms with E-state index in [4.69, 9.17) is 9.84 Å². The van der Waals surface area contributed by atoms with Crippen molar-refractivity contribution in [1.29, 1.82) is 0 Å². The number of carboxylic acid groups (broad SMARTS) is 1. The van der Waals surface area contributed by atoms with Gasteiger partial charge < -0.3 is 9.84 Å². The molecular formula is C16H16O3. The van der Waals surface area contributed by atoms with Gasteiger partial charge in [-0.15, -0.1) is 0 Å². The van der Waals surface area contributed by atoms with Crippen molar-refractivity contribution in [2.24, 2.45) is 0 Å². The molecule has 2 aromatic rings. The SMILES string of the molecule is COc1cc(C(=O)O)cc(-c2cc(C)cc(C)c2)c1. The number of benzene rings is 2. The van der Waals surface area contributed by atoms with Gasteiger partial charge in [-0.25, -0.2) is 4.79 Å². The predicted octanol–water partition coefficient (Wildman–Crippen LogP) is 3.68. The first-order valence-corrected chi connectivity index (χ1v) is 6.00. The highest BCUT2D eigenvalue weighted by molar-refractivity contribution is 5.90. The monoisotopic (exact) mass is 256 g/mol. The van der Waals surface area contributed by atoms with Crippen LogP contribution in [0.1, 0.15) is 21.5 Å². The van der Waals surface area contributed by atoms with E-state index in [1.165, 1.54) is 13.2 Å². The van der Waals surface area contributed by atoms with Crippen molar-refractivity contribution in [2.45, 2.75) is 13.8 Å². The smallest absolute Gasteiger partial charge is 0.335 e. The van der Waals surface area contributed by atoms with Crippen LogP contribution in [-0.4, -0.2) is 18.2 Å². The predicted molar refractivity (Wildman–Crippen MR) is 74.9 cm³/mol. The molecule has 3 heteroatoms. The van der Waals surface area contributed by atoms with E-state index in [2.05, 4.69) is 6.07 Å². The molecule has 3 nitrogen and oxygen atoms in total. The molecule has 0 heterocycles. The number of hydrogen-bond donors (Lipinski definition) is 1. The van der Waals surface area contributed by atoms with Crippen LogP contribution in [0.3, 0.4) is 0 Å². The molecule has 0 unspecified atom stereocenters. The fourth-order valence-electron chi connectivity index (χ4n) is 2.15. The van der Waals surface area contributed by atoms with Crippen LogP contribution in [0.2, 0.25) is 0 Å². The Morgan fingerprint density at radius 2 is 1.53 bits per heavy atom. The zero-order valence-electron chi connectivity index (χ0n) is 11.2. The molecule has 0 aliphatic carbocycles. The summed E-state index contributed by atoms with van der Waals surface area (Å²) in [5.41, 5.74) is 4.38. The lowest BCUT2D eigenvalue weighted by Gasteiger charge is -2.09. The summed E-state index contributed by atoms with van der Waals surface area (Å²) in [6, 6.07) is 11.2. The van der Waals surface area contributed by atoms with Crippen molar-refractivity contribution < 1.29 is 14.6 Å². The van der Waals surface area contributed by atoms with Gasteiger partial charge in [0.25, 0.3) is 0 Å². The molecule has 0 aromatic heterocycles. The van der Waals surface area contributed by atoms with Crippen LogP contribution in [0.4, 0.5) is 0 Å². The molecule has 0 amide bonds. The van der Waals surface area contributed by atoms with Crippen LogP contribution < -0.4 is 4.74 Å². The van der Waals surface area contributed by atoms with Crippen molar-refractivity contribution in [2.75, 3.05) is 7.11 Å². The summed E-state index contributed by atoms with van der Waals surface area (Å²) in [6.45, 7) is 4.05. The number of carboxylic acids is 1. The fraction of sp³-hybridized carbons (Fsp3) is 0.188. The lowest BCUT2D eigenvalue weighted by molar-refractivity contribution is 0.0696. The maximum atomic E-state index is 11.1. The maximum Gasteiger partial charge on any atom is 0.335 e. The van der Waals surface area contributed by atoms with E-state index in [9.17, 15) is 4.79 Å². The molecule has 0 saturated carbocycles. The Hall–Kier alpha value is -2.29. The van der Waals surface area contributed by atoms with Gasteiger partial charge in [0, 0.05) is 0 Å². The standard InChI is InChI=1S/C16H16O3/c1-10-4-11(2)6-12(5-10)13-7-14(16(17)18)9-15(8-13)19-3/h4-9H,1-3H3,(H,17,18). The van der Waals surface area contributed by atoms with Gasteiger partial charge in [-0.2, -0.15) is 0 Å². The Kier molecular flexibility index (Phi) is 3.56. The van der Waals surface area contributed by atoms with Crippen LogP contribution in [0, 0.1) is 13.8 Å². The highest BCUT2D eigenvalue weighted by Gasteiger charge is 2.09. The highest BCUT2D eigenvalue weighted by atomic mass is 16.5. The average molecular weight is 256 g/mol. The quantitative estimate of drug-likeness (QED) is 0.911. The highest BCUT2D eigenvalue weighted by Crippen LogP contribution is 2.27. The van der Waals surface area contributed by atoms with Crippen LogP contribution >= 0.6 is 0 Å². The van der Waals surface area contributed by atoms with Gasteiger partial charge in [0.1, 0.15) is 5.75 Å². The Morgan fingerprint density at radius 3 is 2.05 bits per heavy atom. The molecule has 98 valence electrons. The lowest BCUT2D eigenvalue weighted by atomic mass is 9.99. The molecule has 0 spiro atoms. The molecular weight excluding hydrogens is 240 g/mol. The van der Waals surface area contributed by atoms with Gasteiger partial charge in [0.05, 0.1) is 12.7 Å². The Balaban J connectivity index is 2.60. The third-order valence-corrected chi connectivity index (χ3v) is 2.94. The Labute approximate surface area is 112 Å². The van der Waals surface area contributed by atoms with Gasteiger partial charge in [0.2, 0.25) is 0 Å².